The van der Waals surface area contributed by atoms with E-state index < -0.39 is 0 Å². The molecule has 0 aromatic heterocycles. The molecule has 0 saturated carbocycles. The molecule has 4 nitrogen and oxygen atoms in total. The number of ether oxygens (including phenoxy) is 1. The average molecular weight is 245 g/mol. The monoisotopic (exact) mass is 244 g/mol. The van der Waals surface area contributed by atoms with Crippen molar-refractivity contribution >= 4 is 18.3 Å². The van der Waals surface area contributed by atoms with E-state index in [1.807, 2.05) is 25.1 Å². The van der Waals surface area contributed by atoms with Gasteiger partial charge in [0.15, 0.2) is 0 Å². The predicted molar refractivity (Wildman–Crippen MR) is 65.9 cm³/mol. The fourth-order valence-electron chi connectivity index (χ4n) is 1.25. The highest BCUT2D eigenvalue weighted by molar-refractivity contribution is 5.85. The van der Waals surface area contributed by atoms with Crippen LogP contribution >= 0.6 is 12.4 Å². The summed E-state index contributed by atoms with van der Waals surface area (Å²) >= 11 is 0. The molecule has 1 aromatic carbocycles. The number of aryl methyl sites for hydroxylation is 1. The van der Waals surface area contributed by atoms with E-state index in [0.717, 1.165) is 16.9 Å². The number of halogens is 1. The van der Waals surface area contributed by atoms with Crippen molar-refractivity contribution in [2.24, 2.45) is 5.73 Å². The Labute approximate surface area is 102 Å². The Bertz CT molecular complexity index is 356. The highest BCUT2D eigenvalue weighted by atomic mass is 35.5. The van der Waals surface area contributed by atoms with E-state index in [1.54, 1.807) is 7.11 Å². The summed E-state index contributed by atoms with van der Waals surface area (Å²) in [6.07, 6.45) is 0. The number of benzene rings is 1. The van der Waals surface area contributed by atoms with Crippen LogP contribution in [-0.2, 0) is 11.3 Å². The minimum absolute atomic E-state index is 0. The molecule has 1 rings (SSSR count). The topological polar surface area (TPSA) is 64.3 Å². The van der Waals surface area contributed by atoms with E-state index in [9.17, 15) is 4.79 Å². The van der Waals surface area contributed by atoms with E-state index in [-0.39, 0.29) is 24.9 Å². The van der Waals surface area contributed by atoms with Crippen molar-refractivity contribution in [2.45, 2.75) is 13.5 Å². The molecule has 0 spiro atoms. The maximum atomic E-state index is 10.9. The van der Waals surface area contributed by atoms with Gasteiger partial charge in [-0.3, -0.25) is 4.79 Å². The van der Waals surface area contributed by atoms with Crippen LogP contribution < -0.4 is 15.8 Å². The zero-order valence-corrected chi connectivity index (χ0v) is 10.3. The Morgan fingerprint density at radius 2 is 2.19 bits per heavy atom. The van der Waals surface area contributed by atoms with Gasteiger partial charge < -0.3 is 15.8 Å². The molecule has 0 saturated heterocycles. The van der Waals surface area contributed by atoms with Crippen molar-refractivity contribution in [3.63, 3.8) is 0 Å². The fourth-order valence-corrected chi connectivity index (χ4v) is 1.25. The number of carbonyl (C=O) groups is 1. The largest absolute Gasteiger partial charge is 0.496 e. The second-order valence-electron chi connectivity index (χ2n) is 3.28. The number of methoxy groups -OCH3 is 1. The van der Waals surface area contributed by atoms with E-state index in [2.05, 4.69) is 5.32 Å². The number of nitrogens with two attached hydrogens (primary N) is 1. The molecule has 90 valence electrons. The van der Waals surface area contributed by atoms with Crippen LogP contribution in [0.3, 0.4) is 0 Å². The van der Waals surface area contributed by atoms with Crippen LogP contribution in [0.15, 0.2) is 18.2 Å². The normalized spacial score (nSPS) is 9.19. The predicted octanol–water partition coefficient (Wildman–Crippen LogP) is 1.00. The fraction of sp³-hybridized carbons (Fsp3) is 0.364. The summed E-state index contributed by atoms with van der Waals surface area (Å²) in [6.45, 7) is 2.47. The van der Waals surface area contributed by atoms with Crippen LogP contribution in [0, 0.1) is 6.92 Å². The van der Waals surface area contributed by atoms with Gasteiger partial charge in [0.2, 0.25) is 5.91 Å². The lowest BCUT2D eigenvalue weighted by atomic mass is 10.1. The molecule has 0 heterocycles. The lowest BCUT2D eigenvalue weighted by Gasteiger charge is -2.08. The zero-order valence-electron chi connectivity index (χ0n) is 9.45. The van der Waals surface area contributed by atoms with E-state index in [0.29, 0.717) is 6.54 Å². The molecular formula is C11H17ClN2O2. The number of hydrogen-bond donors (Lipinski definition) is 2. The zero-order chi connectivity index (χ0) is 11.3. The standard InChI is InChI=1S/C11H16N2O2.ClH/c1-8-3-4-9(5-10(8)15-2)7-13-11(14)6-12;/h3-5H,6-7,12H2,1-2H3,(H,13,14);1H. The van der Waals surface area contributed by atoms with Gasteiger partial charge in [-0.25, -0.2) is 0 Å². The number of amides is 1. The molecule has 16 heavy (non-hydrogen) atoms. The van der Waals surface area contributed by atoms with Crippen molar-refractivity contribution in [3.05, 3.63) is 29.3 Å². The van der Waals surface area contributed by atoms with Crippen LogP contribution in [0.1, 0.15) is 11.1 Å². The highest BCUT2D eigenvalue weighted by Gasteiger charge is 2.01. The first kappa shape index (κ1) is 14.7. The summed E-state index contributed by atoms with van der Waals surface area (Å²) in [4.78, 5) is 10.9. The summed E-state index contributed by atoms with van der Waals surface area (Å²) in [5, 5.41) is 2.70. The molecule has 0 radical (unpaired) electrons. The second kappa shape index (κ2) is 7.09. The van der Waals surface area contributed by atoms with Crippen molar-refractivity contribution in [2.75, 3.05) is 13.7 Å². The van der Waals surface area contributed by atoms with Gasteiger partial charge in [-0.2, -0.15) is 0 Å². The van der Waals surface area contributed by atoms with Crippen LogP contribution in [0.4, 0.5) is 0 Å². The summed E-state index contributed by atoms with van der Waals surface area (Å²) in [5.41, 5.74) is 7.25. The smallest absolute Gasteiger partial charge is 0.234 e. The van der Waals surface area contributed by atoms with Gasteiger partial charge in [0.05, 0.1) is 13.7 Å². The molecule has 0 aliphatic heterocycles. The van der Waals surface area contributed by atoms with Crippen LogP contribution in [0.2, 0.25) is 0 Å². The molecule has 0 atom stereocenters. The Morgan fingerprint density at radius 1 is 1.50 bits per heavy atom. The molecule has 3 N–H and O–H groups in total. The van der Waals surface area contributed by atoms with Gasteiger partial charge in [-0.15, -0.1) is 12.4 Å². The minimum atomic E-state index is -0.158. The summed E-state index contributed by atoms with van der Waals surface area (Å²) in [5.74, 6) is 0.670. The molecule has 1 aromatic rings. The molecule has 0 unspecified atom stereocenters. The molecule has 5 heteroatoms. The van der Waals surface area contributed by atoms with Crippen LogP contribution in [-0.4, -0.2) is 19.6 Å². The first-order valence-electron chi connectivity index (χ1n) is 4.77. The van der Waals surface area contributed by atoms with Gasteiger partial charge >= 0.3 is 0 Å². The quantitative estimate of drug-likeness (QED) is 0.831. The van der Waals surface area contributed by atoms with Crippen molar-refractivity contribution < 1.29 is 9.53 Å². The summed E-state index contributed by atoms with van der Waals surface area (Å²) < 4.78 is 5.18. The lowest BCUT2D eigenvalue weighted by Crippen LogP contribution is -2.29. The molecule has 0 aliphatic carbocycles. The lowest BCUT2D eigenvalue weighted by molar-refractivity contribution is -0.119. The van der Waals surface area contributed by atoms with Crippen molar-refractivity contribution in [3.8, 4) is 5.75 Å². The Balaban J connectivity index is 0.00000225. The first-order chi connectivity index (χ1) is 7.17. The molecule has 0 aliphatic rings. The van der Waals surface area contributed by atoms with E-state index in [4.69, 9.17) is 10.5 Å². The number of nitrogens with one attached hydrogen (secondary N) is 1. The average Bonchev–Trinajstić information content (AvgIpc) is 2.27. The van der Waals surface area contributed by atoms with E-state index >= 15 is 0 Å². The third kappa shape index (κ3) is 4.08. The van der Waals surface area contributed by atoms with Gasteiger partial charge in [-0.05, 0) is 24.1 Å². The van der Waals surface area contributed by atoms with Gasteiger partial charge in [0.25, 0.3) is 0 Å². The maximum Gasteiger partial charge on any atom is 0.234 e. The van der Waals surface area contributed by atoms with Gasteiger partial charge in [-0.1, -0.05) is 12.1 Å². The Hall–Kier alpha value is -1.26. The minimum Gasteiger partial charge on any atom is -0.496 e. The van der Waals surface area contributed by atoms with Gasteiger partial charge in [0.1, 0.15) is 5.75 Å². The highest BCUT2D eigenvalue weighted by Crippen LogP contribution is 2.18. The van der Waals surface area contributed by atoms with Crippen molar-refractivity contribution in [1.82, 2.24) is 5.32 Å². The number of carbonyl (C=O) groups excluding carboxylic acids is 1. The second-order valence-corrected chi connectivity index (χ2v) is 3.28. The van der Waals surface area contributed by atoms with Gasteiger partial charge in [0, 0.05) is 6.54 Å². The van der Waals surface area contributed by atoms with Crippen LogP contribution in [0.5, 0.6) is 5.75 Å². The van der Waals surface area contributed by atoms with E-state index in [1.165, 1.54) is 0 Å². The molecule has 0 fully saturated rings. The first-order valence-corrected chi connectivity index (χ1v) is 4.77. The number of hydrogen-bond acceptors (Lipinski definition) is 3. The van der Waals surface area contributed by atoms with Crippen LogP contribution in [0.25, 0.3) is 0 Å². The molecule has 1 amide bonds. The third-order valence-electron chi connectivity index (χ3n) is 2.15. The number of rotatable bonds is 4. The maximum absolute atomic E-state index is 10.9. The SMILES string of the molecule is COc1cc(CNC(=O)CN)ccc1C.Cl. The molecule has 0 bridgehead atoms. The third-order valence-corrected chi connectivity index (χ3v) is 2.15. The Kier molecular flexibility index (Phi) is 6.53. The Morgan fingerprint density at radius 3 is 2.75 bits per heavy atom. The summed E-state index contributed by atoms with van der Waals surface area (Å²) in [6, 6.07) is 5.82. The van der Waals surface area contributed by atoms with Crippen molar-refractivity contribution in [1.29, 1.82) is 0 Å². The molecular weight excluding hydrogens is 228 g/mol. The summed E-state index contributed by atoms with van der Waals surface area (Å²) in [7, 11) is 1.63.